The summed E-state index contributed by atoms with van der Waals surface area (Å²) in [6.07, 6.45) is 4.95. The van der Waals surface area contributed by atoms with Gasteiger partial charge in [0.15, 0.2) is 0 Å². The molecule has 1 fully saturated rings. The molecule has 1 aromatic carbocycles. The third kappa shape index (κ3) is 3.41. The normalized spacial score (nSPS) is 18.8. The average molecular weight is 339 g/mol. The lowest BCUT2D eigenvalue weighted by Crippen LogP contribution is -2.43. The Balaban J connectivity index is 2.13. The maximum absolute atomic E-state index is 12.7. The second-order valence-corrected chi connectivity index (χ2v) is 6.73. The van der Waals surface area contributed by atoms with Crippen molar-refractivity contribution in [1.82, 2.24) is 5.32 Å². The first-order chi connectivity index (χ1) is 9.54. The number of hydrogen-bond acceptors (Lipinski definition) is 2. The van der Waals surface area contributed by atoms with Crippen LogP contribution in [0.25, 0.3) is 0 Å². The number of nitrogens with two attached hydrogens (primary N) is 1. The van der Waals surface area contributed by atoms with Crippen molar-refractivity contribution in [1.29, 1.82) is 0 Å². The van der Waals surface area contributed by atoms with Crippen LogP contribution in [0.15, 0.2) is 28.7 Å². The zero-order chi connectivity index (χ0) is 14.6. The molecular weight excluding hydrogens is 316 g/mol. The van der Waals surface area contributed by atoms with Crippen LogP contribution in [0.5, 0.6) is 0 Å². The number of benzene rings is 1. The van der Waals surface area contributed by atoms with Crippen molar-refractivity contribution in [2.75, 3.05) is 6.54 Å². The summed E-state index contributed by atoms with van der Waals surface area (Å²) in [6.45, 7) is 2.63. The van der Waals surface area contributed by atoms with E-state index in [1.165, 1.54) is 0 Å². The minimum absolute atomic E-state index is 0.127. The number of hydrogen-bond donors (Lipinski definition) is 2. The Hall–Kier alpha value is -0.870. The molecule has 0 saturated heterocycles. The Labute approximate surface area is 129 Å². The third-order valence-corrected chi connectivity index (χ3v) is 4.70. The Morgan fingerprint density at radius 2 is 1.95 bits per heavy atom. The van der Waals surface area contributed by atoms with E-state index in [1.807, 2.05) is 19.1 Å². The summed E-state index contributed by atoms with van der Waals surface area (Å²) in [5.74, 6) is 0.165. The highest BCUT2D eigenvalue weighted by Crippen LogP contribution is 2.41. The Bertz CT molecular complexity index is 450. The predicted octanol–water partition coefficient (Wildman–Crippen LogP) is 3.11. The van der Waals surface area contributed by atoms with E-state index in [-0.39, 0.29) is 17.4 Å². The molecule has 1 unspecified atom stereocenters. The van der Waals surface area contributed by atoms with Crippen LogP contribution in [0.4, 0.5) is 0 Å². The molecule has 0 radical (unpaired) electrons. The molecule has 4 heteroatoms. The van der Waals surface area contributed by atoms with Crippen molar-refractivity contribution in [2.45, 2.75) is 50.5 Å². The molecule has 1 atom stereocenters. The van der Waals surface area contributed by atoms with Gasteiger partial charge in [-0.1, -0.05) is 40.9 Å². The summed E-state index contributed by atoms with van der Waals surface area (Å²) in [5, 5.41) is 3.08. The molecule has 0 bridgehead atoms. The standard InChI is InChI=1S/C16H23BrN2O/c1-12(18)8-11-19-15(20)16(9-2-3-10-16)13-4-6-14(17)7-5-13/h4-7,12H,2-3,8-11,18H2,1H3,(H,19,20). The van der Waals surface area contributed by atoms with Gasteiger partial charge in [-0.2, -0.15) is 0 Å². The molecule has 1 aliphatic rings. The van der Waals surface area contributed by atoms with Crippen LogP contribution in [-0.4, -0.2) is 18.5 Å². The lowest BCUT2D eigenvalue weighted by molar-refractivity contribution is -0.126. The molecule has 1 aliphatic carbocycles. The van der Waals surface area contributed by atoms with E-state index in [2.05, 4.69) is 33.4 Å². The van der Waals surface area contributed by atoms with Gasteiger partial charge in [0.1, 0.15) is 0 Å². The first kappa shape index (κ1) is 15.5. The molecule has 0 aromatic heterocycles. The minimum atomic E-state index is -0.335. The first-order valence-electron chi connectivity index (χ1n) is 7.34. The molecule has 3 nitrogen and oxygen atoms in total. The van der Waals surface area contributed by atoms with E-state index in [4.69, 9.17) is 5.73 Å². The monoisotopic (exact) mass is 338 g/mol. The van der Waals surface area contributed by atoms with Gasteiger partial charge in [0, 0.05) is 17.1 Å². The van der Waals surface area contributed by atoms with E-state index < -0.39 is 0 Å². The van der Waals surface area contributed by atoms with Crippen LogP contribution in [0.2, 0.25) is 0 Å². The summed E-state index contributed by atoms with van der Waals surface area (Å²) < 4.78 is 1.05. The topological polar surface area (TPSA) is 55.1 Å². The maximum Gasteiger partial charge on any atom is 0.230 e. The molecule has 2 rings (SSSR count). The summed E-state index contributed by atoms with van der Waals surface area (Å²) in [5.41, 5.74) is 6.54. The number of nitrogens with one attached hydrogen (secondary N) is 1. The molecule has 20 heavy (non-hydrogen) atoms. The molecular formula is C16H23BrN2O. The van der Waals surface area contributed by atoms with Crippen LogP contribution in [0, 0.1) is 0 Å². The van der Waals surface area contributed by atoms with Crippen LogP contribution in [0.1, 0.15) is 44.6 Å². The smallest absolute Gasteiger partial charge is 0.230 e. The van der Waals surface area contributed by atoms with Crippen molar-refractivity contribution in [3.8, 4) is 0 Å². The van der Waals surface area contributed by atoms with Gasteiger partial charge in [0.05, 0.1) is 5.41 Å². The van der Waals surface area contributed by atoms with E-state index >= 15 is 0 Å². The van der Waals surface area contributed by atoms with E-state index in [0.29, 0.717) is 6.54 Å². The number of carbonyl (C=O) groups excluding carboxylic acids is 1. The fraction of sp³-hybridized carbons (Fsp3) is 0.562. The van der Waals surface area contributed by atoms with Crippen molar-refractivity contribution in [2.24, 2.45) is 5.73 Å². The number of halogens is 1. The molecule has 0 heterocycles. The summed E-state index contributed by atoms with van der Waals surface area (Å²) >= 11 is 3.45. The van der Waals surface area contributed by atoms with Gasteiger partial charge in [0.2, 0.25) is 5.91 Å². The molecule has 1 aromatic rings. The number of rotatable bonds is 5. The Morgan fingerprint density at radius 1 is 1.35 bits per heavy atom. The highest BCUT2D eigenvalue weighted by Gasteiger charge is 2.42. The van der Waals surface area contributed by atoms with Crippen molar-refractivity contribution < 1.29 is 4.79 Å². The Morgan fingerprint density at radius 3 is 2.50 bits per heavy atom. The highest BCUT2D eigenvalue weighted by molar-refractivity contribution is 9.10. The summed E-state index contributed by atoms with van der Waals surface area (Å²) in [7, 11) is 0. The molecule has 3 N–H and O–H groups in total. The number of carbonyl (C=O) groups is 1. The second kappa shape index (κ2) is 6.72. The van der Waals surface area contributed by atoms with Crippen LogP contribution >= 0.6 is 15.9 Å². The minimum Gasteiger partial charge on any atom is -0.355 e. The van der Waals surface area contributed by atoms with Gasteiger partial charge in [-0.3, -0.25) is 4.79 Å². The molecule has 0 aliphatic heterocycles. The van der Waals surface area contributed by atoms with E-state index in [0.717, 1.165) is 42.1 Å². The van der Waals surface area contributed by atoms with Gasteiger partial charge in [-0.15, -0.1) is 0 Å². The van der Waals surface area contributed by atoms with E-state index in [9.17, 15) is 4.79 Å². The first-order valence-corrected chi connectivity index (χ1v) is 8.14. The van der Waals surface area contributed by atoms with Crippen molar-refractivity contribution in [3.63, 3.8) is 0 Å². The summed E-state index contributed by atoms with van der Waals surface area (Å²) in [4.78, 5) is 12.7. The van der Waals surface area contributed by atoms with Gasteiger partial charge in [-0.05, 0) is 43.9 Å². The van der Waals surface area contributed by atoms with Gasteiger partial charge in [0.25, 0.3) is 0 Å². The van der Waals surface area contributed by atoms with Gasteiger partial charge in [-0.25, -0.2) is 0 Å². The fourth-order valence-corrected chi connectivity index (χ4v) is 3.24. The van der Waals surface area contributed by atoms with Gasteiger partial charge < -0.3 is 11.1 Å². The SMILES string of the molecule is CC(N)CCNC(=O)C1(c2ccc(Br)cc2)CCCC1. The number of amides is 1. The second-order valence-electron chi connectivity index (χ2n) is 5.82. The fourth-order valence-electron chi connectivity index (χ4n) is 2.98. The quantitative estimate of drug-likeness (QED) is 0.866. The molecule has 1 amide bonds. The highest BCUT2D eigenvalue weighted by atomic mass is 79.9. The molecule has 1 saturated carbocycles. The Kier molecular flexibility index (Phi) is 5.22. The van der Waals surface area contributed by atoms with Crippen molar-refractivity contribution >= 4 is 21.8 Å². The lowest BCUT2D eigenvalue weighted by Gasteiger charge is -2.28. The maximum atomic E-state index is 12.7. The van der Waals surface area contributed by atoms with Crippen LogP contribution in [0.3, 0.4) is 0 Å². The third-order valence-electron chi connectivity index (χ3n) is 4.17. The lowest BCUT2D eigenvalue weighted by atomic mass is 9.78. The largest absolute Gasteiger partial charge is 0.355 e. The van der Waals surface area contributed by atoms with Crippen molar-refractivity contribution in [3.05, 3.63) is 34.3 Å². The van der Waals surface area contributed by atoms with Crippen LogP contribution in [-0.2, 0) is 10.2 Å². The predicted molar refractivity (Wildman–Crippen MR) is 85.6 cm³/mol. The zero-order valence-corrected chi connectivity index (χ0v) is 13.6. The molecule has 0 spiro atoms. The average Bonchev–Trinajstić information content (AvgIpc) is 2.89. The zero-order valence-electron chi connectivity index (χ0n) is 12.0. The summed E-state index contributed by atoms with van der Waals surface area (Å²) in [6, 6.07) is 8.30. The molecule has 110 valence electrons. The van der Waals surface area contributed by atoms with Gasteiger partial charge >= 0.3 is 0 Å². The van der Waals surface area contributed by atoms with Crippen LogP contribution < -0.4 is 11.1 Å². The van der Waals surface area contributed by atoms with E-state index in [1.54, 1.807) is 0 Å².